The van der Waals surface area contributed by atoms with Gasteiger partial charge in [0.15, 0.2) is 11.5 Å². The average molecular weight is 215 g/mol. The Morgan fingerprint density at radius 2 is 2.36 bits per heavy atom. The van der Waals surface area contributed by atoms with Crippen molar-refractivity contribution in [2.24, 2.45) is 7.05 Å². The second-order valence-corrected chi connectivity index (χ2v) is 2.79. The van der Waals surface area contributed by atoms with Crippen LogP contribution in [0.5, 0.6) is 0 Å². The maximum atomic E-state index is 8.64. The van der Waals surface area contributed by atoms with Gasteiger partial charge in [-0.1, -0.05) is 0 Å². The molecule has 0 atom stereocenters. The number of anilines is 1. The zero-order valence-electron chi connectivity index (χ0n) is 6.22. The molecule has 58 valence electrons. The molecule has 11 heavy (non-hydrogen) atoms. The van der Waals surface area contributed by atoms with Gasteiger partial charge < -0.3 is 5.32 Å². The first-order valence-corrected chi connectivity index (χ1v) is 3.80. The number of aromatic nitrogens is 2. The summed E-state index contributed by atoms with van der Waals surface area (Å²) in [7, 11) is 3.48. The molecule has 5 heteroatoms. The van der Waals surface area contributed by atoms with Crippen molar-refractivity contribution < 1.29 is 0 Å². The van der Waals surface area contributed by atoms with Gasteiger partial charge in [0, 0.05) is 14.1 Å². The third-order valence-electron chi connectivity index (χ3n) is 1.33. The molecule has 0 saturated heterocycles. The molecule has 0 aliphatic heterocycles. The summed E-state index contributed by atoms with van der Waals surface area (Å²) in [6.07, 6.45) is 0. The summed E-state index contributed by atoms with van der Waals surface area (Å²) in [4.78, 5) is 0. The van der Waals surface area contributed by atoms with Crippen LogP contribution in [0.1, 0.15) is 5.69 Å². The summed E-state index contributed by atoms with van der Waals surface area (Å²) in [5, 5.41) is 15.5. The van der Waals surface area contributed by atoms with E-state index in [1.165, 1.54) is 4.68 Å². The maximum Gasteiger partial charge on any atom is 0.163 e. The highest BCUT2D eigenvalue weighted by Crippen LogP contribution is 2.23. The lowest BCUT2D eigenvalue weighted by Crippen LogP contribution is -1.94. The summed E-state index contributed by atoms with van der Waals surface area (Å²) in [6, 6.07) is 2.03. The van der Waals surface area contributed by atoms with Gasteiger partial charge in [0.05, 0.1) is 4.47 Å². The molecule has 0 amide bonds. The van der Waals surface area contributed by atoms with Crippen LogP contribution in [0, 0.1) is 11.3 Å². The zero-order chi connectivity index (χ0) is 8.43. The highest BCUT2D eigenvalue weighted by molar-refractivity contribution is 9.10. The molecule has 0 radical (unpaired) electrons. The van der Waals surface area contributed by atoms with Crippen LogP contribution in [0.3, 0.4) is 0 Å². The number of nitriles is 1. The minimum absolute atomic E-state index is 0.523. The average Bonchev–Trinajstić information content (AvgIpc) is 2.26. The molecule has 4 nitrogen and oxygen atoms in total. The molecule has 1 rings (SSSR count). The molecule has 1 aromatic rings. The summed E-state index contributed by atoms with van der Waals surface area (Å²) >= 11 is 3.25. The van der Waals surface area contributed by atoms with Gasteiger partial charge in [-0.05, 0) is 15.9 Å². The molecule has 0 spiro atoms. The fourth-order valence-electron chi connectivity index (χ4n) is 0.779. The Labute approximate surface area is 72.9 Å². The van der Waals surface area contributed by atoms with E-state index in [1.54, 1.807) is 14.1 Å². The molecule has 0 fully saturated rings. The number of hydrogen-bond acceptors (Lipinski definition) is 3. The van der Waals surface area contributed by atoms with Crippen LogP contribution < -0.4 is 5.32 Å². The smallest absolute Gasteiger partial charge is 0.163 e. The van der Waals surface area contributed by atoms with Crippen molar-refractivity contribution in [1.29, 1.82) is 5.26 Å². The van der Waals surface area contributed by atoms with Crippen molar-refractivity contribution in [2.45, 2.75) is 0 Å². The van der Waals surface area contributed by atoms with Crippen LogP contribution in [-0.2, 0) is 7.05 Å². The van der Waals surface area contributed by atoms with E-state index in [-0.39, 0.29) is 0 Å². The lowest BCUT2D eigenvalue weighted by molar-refractivity contribution is 0.758. The molecular weight excluding hydrogens is 208 g/mol. The highest BCUT2D eigenvalue weighted by atomic mass is 79.9. The third-order valence-corrected chi connectivity index (χ3v) is 2.08. The van der Waals surface area contributed by atoms with Crippen LogP contribution >= 0.6 is 15.9 Å². The molecule has 0 bridgehead atoms. The molecule has 0 unspecified atom stereocenters. The Kier molecular flexibility index (Phi) is 2.15. The van der Waals surface area contributed by atoms with Gasteiger partial charge in [-0.2, -0.15) is 10.4 Å². The van der Waals surface area contributed by atoms with E-state index >= 15 is 0 Å². The SMILES string of the molecule is CNc1nn(C)c(C#N)c1Br. The fraction of sp³-hybridized carbons (Fsp3) is 0.333. The van der Waals surface area contributed by atoms with E-state index in [1.807, 2.05) is 6.07 Å². The van der Waals surface area contributed by atoms with Crippen LogP contribution in [0.4, 0.5) is 5.82 Å². The number of halogens is 1. The van der Waals surface area contributed by atoms with Gasteiger partial charge in [-0.3, -0.25) is 4.68 Å². The first kappa shape index (κ1) is 8.08. The molecular formula is C6H7BrN4. The maximum absolute atomic E-state index is 8.64. The van der Waals surface area contributed by atoms with E-state index in [2.05, 4.69) is 26.3 Å². The van der Waals surface area contributed by atoms with E-state index < -0.39 is 0 Å². The largest absolute Gasteiger partial charge is 0.371 e. The molecule has 1 heterocycles. The molecule has 0 aliphatic carbocycles. The number of nitrogens with one attached hydrogen (secondary N) is 1. The molecule has 0 aliphatic rings. The first-order chi connectivity index (χ1) is 5.20. The zero-order valence-corrected chi connectivity index (χ0v) is 7.81. The second kappa shape index (κ2) is 2.93. The molecule has 0 saturated carbocycles. The van der Waals surface area contributed by atoms with Gasteiger partial charge in [0.1, 0.15) is 6.07 Å². The summed E-state index contributed by atoms with van der Waals surface area (Å²) in [5.41, 5.74) is 0.523. The normalized spacial score (nSPS) is 9.27. The number of hydrogen-bond donors (Lipinski definition) is 1. The Hall–Kier alpha value is -1.02. The summed E-state index contributed by atoms with van der Waals surface area (Å²) < 4.78 is 2.24. The fourth-order valence-corrected chi connectivity index (χ4v) is 1.40. The topological polar surface area (TPSA) is 53.6 Å². The molecule has 0 aromatic carbocycles. The van der Waals surface area contributed by atoms with Crippen molar-refractivity contribution in [3.63, 3.8) is 0 Å². The number of nitrogens with zero attached hydrogens (tertiary/aromatic N) is 3. The van der Waals surface area contributed by atoms with Crippen LogP contribution in [0.2, 0.25) is 0 Å². The quantitative estimate of drug-likeness (QED) is 0.762. The number of rotatable bonds is 1. The highest BCUT2D eigenvalue weighted by Gasteiger charge is 2.10. The minimum Gasteiger partial charge on any atom is -0.371 e. The van der Waals surface area contributed by atoms with Crippen LogP contribution in [0.15, 0.2) is 4.47 Å². The Balaban J connectivity index is 3.28. The van der Waals surface area contributed by atoms with E-state index in [9.17, 15) is 0 Å². The predicted octanol–water partition coefficient (Wildman–Crippen LogP) is 1.10. The molecule has 1 aromatic heterocycles. The van der Waals surface area contributed by atoms with Crippen molar-refractivity contribution in [3.05, 3.63) is 10.2 Å². The standard InChI is InChI=1S/C6H7BrN4/c1-9-6-5(7)4(3-8)11(2)10-6/h1-2H3,(H,9,10). The van der Waals surface area contributed by atoms with Crippen molar-refractivity contribution >= 4 is 21.7 Å². The van der Waals surface area contributed by atoms with Crippen LogP contribution in [0.25, 0.3) is 0 Å². The first-order valence-electron chi connectivity index (χ1n) is 3.01. The van der Waals surface area contributed by atoms with E-state index in [4.69, 9.17) is 5.26 Å². The van der Waals surface area contributed by atoms with E-state index in [0.29, 0.717) is 16.0 Å². The van der Waals surface area contributed by atoms with Gasteiger partial charge in [-0.15, -0.1) is 0 Å². The lowest BCUT2D eigenvalue weighted by Gasteiger charge is -1.89. The summed E-state index contributed by atoms with van der Waals surface area (Å²) in [6.45, 7) is 0. The van der Waals surface area contributed by atoms with E-state index in [0.717, 1.165) is 0 Å². The Bertz CT molecular complexity index is 309. The van der Waals surface area contributed by atoms with Crippen LogP contribution in [-0.4, -0.2) is 16.8 Å². The summed E-state index contributed by atoms with van der Waals surface area (Å²) in [5.74, 6) is 0.684. The Morgan fingerprint density at radius 3 is 2.64 bits per heavy atom. The van der Waals surface area contributed by atoms with Gasteiger partial charge >= 0.3 is 0 Å². The monoisotopic (exact) mass is 214 g/mol. The van der Waals surface area contributed by atoms with Gasteiger partial charge in [0.2, 0.25) is 0 Å². The van der Waals surface area contributed by atoms with Crippen molar-refractivity contribution in [3.8, 4) is 6.07 Å². The number of aryl methyl sites for hydroxylation is 1. The van der Waals surface area contributed by atoms with Gasteiger partial charge in [0.25, 0.3) is 0 Å². The molecule has 1 N–H and O–H groups in total. The lowest BCUT2D eigenvalue weighted by atomic mass is 10.4. The third kappa shape index (κ3) is 1.21. The van der Waals surface area contributed by atoms with Crippen molar-refractivity contribution in [2.75, 3.05) is 12.4 Å². The predicted molar refractivity (Wildman–Crippen MR) is 45.2 cm³/mol. The van der Waals surface area contributed by atoms with Gasteiger partial charge in [-0.25, -0.2) is 0 Å². The second-order valence-electron chi connectivity index (χ2n) is 2.00. The Morgan fingerprint density at radius 1 is 1.73 bits per heavy atom. The minimum atomic E-state index is 0.523. The van der Waals surface area contributed by atoms with Crippen molar-refractivity contribution in [1.82, 2.24) is 9.78 Å².